The Morgan fingerprint density at radius 3 is 2.35 bits per heavy atom. The second kappa shape index (κ2) is 5.05. The number of rotatable bonds is 3. The first-order valence-corrected chi connectivity index (χ1v) is 6.21. The normalized spacial score (nSPS) is 10.4. The molecule has 0 saturated carbocycles. The molecule has 0 unspecified atom stereocenters. The average Bonchev–Trinajstić information content (AvgIpc) is 2.98. The summed E-state index contributed by atoms with van der Waals surface area (Å²) in [7, 11) is 0. The van der Waals surface area contributed by atoms with Gasteiger partial charge in [0.2, 0.25) is 5.82 Å². The molecular formula is C15H12N4O. The van der Waals surface area contributed by atoms with E-state index < -0.39 is 0 Å². The Morgan fingerprint density at radius 2 is 1.70 bits per heavy atom. The third-order valence-corrected chi connectivity index (χ3v) is 2.95. The Labute approximate surface area is 115 Å². The van der Waals surface area contributed by atoms with E-state index in [1.807, 2.05) is 30.3 Å². The third kappa shape index (κ3) is 2.33. The summed E-state index contributed by atoms with van der Waals surface area (Å²) in [5.74, 6) is 0.606. The average molecular weight is 264 g/mol. The lowest BCUT2D eigenvalue weighted by Gasteiger charge is -1.99. The lowest BCUT2D eigenvalue weighted by molar-refractivity contribution is 0.101. The first-order valence-electron chi connectivity index (χ1n) is 6.21. The summed E-state index contributed by atoms with van der Waals surface area (Å²) in [5, 5.41) is 12.4. The zero-order valence-electron chi connectivity index (χ0n) is 10.9. The van der Waals surface area contributed by atoms with Gasteiger partial charge in [0.25, 0.3) is 0 Å². The molecule has 1 aromatic heterocycles. The fourth-order valence-electron chi connectivity index (χ4n) is 1.86. The number of carbonyl (C=O) groups excluding carboxylic acids is 1. The number of nitrogens with zero attached hydrogens (tertiary/aromatic N) is 4. The van der Waals surface area contributed by atoms with Crippen molar-refractivity contribution in [3.05, 3.63) is 60.2 Å². The van der Waals surface area contributed by atoms with E-state index in [9.17, 15) is 4.79 Å². The summed E-state index contributed by atoms with van der Waals surface area (Å²) < 4.78 is 0. The molecule has 0 aliphatic carbocycles. The highest BCUT2D eigenvalue weighted by Gasteiger charge is 2.07. The number of ketones is 1. The molecule has 2 aromatic carbocycles. The Bertz CT molecular complexity index is 732. The van der Waals surface area contributed by atoms with Crippen LogP contribution < -0.4 is 0 Å². The summed E-state index contributed by atoms with van der Waals surface area (Å²) in [6.07, 6.45) is 0. The number of carbonyl (C=O) groups is 1. The van der Waals surface area contributed by atoms with Crippen molar-refractivity contribution in [1.82, 2.24) is 20.2 Å². The molecule has 5 heteroatoms. The minimum atomic E-state index is 0.0353. The van der Waals surface area contributed by atoms with Crippen molar-refractivity contribution in [2.75, 3.05) is 0 Å². The lowest BCUT2D eigenvalue weighted by atomic mass is 10.1. The van der Waals surface area contributed by atoms with E-state index in [-0.39, 0.29) is 5.78 Å². The molecule has 0 spiro atoms. The van der Waals surface area contributed by atoms with Gasteiger partial charge in [-0.25, -0.2) is 0 Å². The maximum atomic E-state index is 11.2. The first-order chi connectivity index (χ1) is 9.74. The highest BCUT2D eigenvalue weighted by molar-refractivity contribution is 5.94. The maximum Gasteiger partial charge on any atom is 0.205 e. The number of tetrazole rings is 1. The molecule has 0 atom stereocenters. The van der Waals surface area contributed by atoms with Gasteiger partial charge in [-0.3, -0.25) is 4.79 Å². The van der Waals surface area contributed by atoms with Crippen LogP contribution in [0.2, 0.25) is 0 Å². The van der Waals surface area contributed by atoms with Crippen LogP contribution in [0.15, 0.2) is 54.6 Å². The number of hydrogen-bond donors (Lipinski definition) is 0. The van der Waals surface area contributed by atoms with Crippen LogP contribution in [0, 0.1) is 0 Å². The quantitative estimate of drug-likeness (QED) is 0.682. The molecule has 3 aromatic rings. The van der Waals surface area contributed by atoms with Gasteiger partial charge in [-0.15, -0.1) is 15.0 Å². The molecule has 0 aliphatic heterocycles. The largest absolute Gasteiger partial charge is 0.295 e. The standard InChI is InChI=1S/C15H12N4O/c1-11(20)12-7-9-14(10-8-12)19-17-15(16-18-19)13-5-3-2-4-6-13/h2-10H,1H3. The molecular weight excluding hydrogens is 252 g/mol. The van der Waals surface area contributed by atoms with E-state index in [0.717, 1.165) is 11.3 Å². The maximum absolute atomic E-state index is 11.2. The molecule has 0 N–H and O–H groups in total. The summed E-state index contributed by atoms with van der Waals surface area (Å²) in [5.41, 5.74) is 2.35. The lowest BCUT2D eigenvalue weighted by Crippen LogP contribution is -2.00. The van der Waals surface area contributed by atoms with Crippen LogP contribution in [0.4, 0.5) is 0 Å². The van der Waals surface area contributed by atoms with Crippen LogP contribution in [-0.2, 0) is 0 Å². The number of aromatic nitrogens is 4. The Hall–Kier alpha value is -2.82. The van der Waals surface area contributed by atoms with Gasteiger partial charge >= 0.3 is 0 Å². The van der Waals surface area contributed by atoms with Gasteiger partial charge in [0.15, 0.2) is 5.78 Å². The second-order valence-electron chi connectivity index (χ2n) is 4.37. The molecule has 0 amide bonds. The number of Topliss-reactive ketones (excluding diaryl/α,β-unsaturated/α-hetero) is 1. The molecule has 20 heavy (non-hydrogen) atoms. The van der Waals surface area contributed by atoms with E-state index in [0.29, 0.717) is 11.4 Å². The smallest absolute Gasteiger partial charge is 0.205 e. The van der Waals surface area contributed by atoms with Crippen molar-refractivity contribution in [1.29, 1.82) is 0 Å². The fraction of sp³-hybridized carbons (Fsp3) is 0.0667. The van der Waals surface area contributed by atoms with Crippen molar-refractivity contribution < 1.29 is 4.79 Å². The predicted molar refractivity (Wildman–Crippen MR) is 74.6 cm³/mol. The van der Waals surface area contributed by atoms with Crippen molar-refractivity contribution in [3.63, 3.8) is 0 Å². The van der Waals surface area contributed by atoms with Crippen molar-refractivity contribution in [2.45, 2.75) is 6.92 Å². The Balaban J connectivity index is 1.92. The van der Waals surface area contributed by atoms with E-state index in [1.165, 1.54) is 11.7 Å². The highest BCUT2D eigenvalue weighted by Crippen LogP contribution is 2.14. The monoisotopic (exact) mass is 264 g/mol. The third-order valence-electron chi connectivity index (χ3n) is 2.95. The summed E-state index contributed by atoms with van der Waals surface area (Å²) in [6, 6.07) is 16.8. The van der Waals surface area contributed by atoms with Gasteiger partial charge in [-0.1, -0.05) is 30.3 Å². The van der Waals surface area contributed by atoms with E-state index >= 15 is 0 Å². The Morgan fingerprint density at radius 1 is 1.00 bits per heavy atom. The molecule has 0 bridgehead atoms. The van der Waals surface area contributed by atoms with Crippen molar-refractivity contribution in [3.8, 4) is 17.1 Å². The SMILES string of the molecule is CC(=O)c1ccc(-n2nnc(-c3ccccc3)n2)cc1. The van der Waals surface area contributed by atoms with Crippen molar-refractivity contribution in [2.24, 2.45) is 0 Å². The zero-order chi connectivity index (χ0) is 13.9. The van der Waals surface area contributed by atoms with Gasteiger partial charge < -0.3 is 0 Å². The van der Waals surface area contributed by atoms with Crippen LogP contribution in [-0.4, -0.2) is 26.0 Å². The minimum Gasteiger partial charge on any atom is -0.295 e. The Kier molecular flexibility index (Phi) is 3.09. The zero-order valence-corrected chi connectivity index (χ0v) is 10.9. The first kappa shape index (κ1) is 12.2. The number of benzene rings is 2. The van der Waals surface area contributed by atoms with Gasteiger partial charge in [0.1, 0.15) is 0 Å². The molecule has 3 rings (SSSR count). The van der Waals surface area contributed by atoms with Crippen LogP contribution in [0.5, 0.6) is 0 Å². The topological polar surface area (TPSA) is 60.7 Å². The molecule has 5 nitrogen and oxygen atoms in total. The highest BCUT2D eigenvalue weighted by atomic mass is 16.1. The summed E-state index contributed by atoms with van der Waals surface area (Å²) in [4.78, 5) is 12.7. The van der Waals surface area contributed by atoms with Gasteiger partial charge in [0, 0.05) is 11.1 Å². The summed E-state index contributed by atoms with van der Waals surface area (Å²) >= 11 is 0. The van der Waals surface area contributed by atoms with Crippen LogP contribution in [0.25, 0.3) is 17.1 Å². The molecule has 1 heterocycles. The van der Waals surface area contributed by atoms with Crippen LogP contribution >= 0.6 is 0 Å². The van der Waals surface area contributed by atoms with E-state index in [4.69, 9.17) is 0 Å². The molecule has 0 radical (unpaired) electrons. The second-order valence-corrected chi connectivity index (χ2v) is 4.37. The van der Waals surface area contributed by atoms with Gasteiger partial charge in [-0.2, -0.15) is 0 Å². The van der Waals surface area contributed by atoms with Crippen LogP contribution in [0.1, 0.15) is 17.3 Å². The molecule has 0 saturated heterocycles. The van der Waals surface area contributed by atoms with Crippen molar-refractivity contribution >= 4 is 5.78 Å². The summed E-state index contributed by atoms with van der Waals surface area (Å²) in [6.45, 7) is 1.54. The van der Waals surface area contributed by atoms with E-state index in [1.54, 1.807) is 24.3 Å². The molecule has 0 fully saturated rings. The van der Waals surface area contributed by atoms with Gasteiger partial charge in [0.05, 0.1) is 5.69 Å². The molecule has 0 aliphatic rings. The van der Waals surface area contributed by atoms with Gasteiger partial charge in [-0.05, 0) is 36.4 Å². The van der Waals surface area contributed by atoms with Crippen LogP contribution in [0.3, 0.4) is 0 Å². The number of hydrogen-bond acceptors (Lipinski definition) is 4. The minimum absolute atomic E-state index is 0.0353. The molecule has 98 valence electrons. The predicted octanol–water partition coefficient (Wildman–Crippen LogP) is 2.53. The van der Waals surface area contributed by atoms with E-state index in [2.05, 4.69) is 15.4 Å². The fourth-order valence-corrected chi connectivity index (χ4v) is 1.86.